The smallest absolute Gasteiger partial charge is 0.314 e. The maximum atomic E-state index is 10.9. The Bertz CT molecular complexity index is 954. The van der Waals surface area contributed by atoms with Crippen LogP contribution in [0.25, 0.3) is 0 Å². The first-order valence-electron chi connectivity index (χ1n) is 10.8. The molecular weight excluding hydrogens is 494 g/mol. The zero-order chi connectivity index (χ0) is 26.4. The van der Waals surface area contributed by atoms with E-state index in [1.54, 1.807) is 11.2 Å². The van der Waals surface area contributed by atoms with Crippen molar-refractivity contribution in [3.8, 4) is 0 Å². The van der Waals surface area contributed by atoms with Crippen LogP contribution in [-0.4, -0.2) is 83.4 Å². The second kappa shape index (κ2) is 15.8. The number of thioether (sulfide) groups is 1. The van der Waals surface area contributed by atoms with Crippen molar-refractivity contribution in [1.82, 2.24) is 14.8 Å². The summed E-state index contributed by atoms with van der Waals surface area (Å²) in [4.78, 5) is 54.6. The van der Waals surface area contributed by atoms with Gasteiger partial charge in [0.15, 0.2) is 5.04 Å². The fourth-order valence-electron chi connectivity index (χ4n) is 2.76. The molecule has 4 amide bonds. The summed E-state index contributed by atoms with van der Waals surface area (Å²) in [5, 5.41) is 3.02. The molecule has 1 saturated heterocycles. The molecule has 0 atom stereocenters. The second-order valence-electron chi connectivity index (χ2n) is 7.65. The van der Waals surface area contributed by atoms with Gasteiger partial charge in [-0.25, -0.2) is 9.98 Å². The number of likely N-dealkylation sites (N-methyl/N-ethyl adjacent to an activating group) is 1. The Morgan fingerprint density at radius 3 is 2.26 bits per heavy atom. The van der Waals surface area contributed by atoms with Gasteiger partial charge in [-0.1, -0.05) is 11.6 Å². The Morgan fingerprint density at radius 2 is 1.83 bits per heavy atom. The molecule has 1 aromatic heterocycles. The van der Waals surface area contributed by atoms with Gasteiger partial charge >= 0.3 is 11.8 Å². The number of rotatable bonds is 2. The van der Waals surface area contributed by atoms with E-state index in [1.165, 1.54) is 36.5 Å². The van der Waals surface area contributed by atoms with E-state index < -0.39 is 17.7 Å². The van der Waals surface area contributed by atoms with Gasteiger partial charge in [-0.05, 0) is 44.4 Å². The molecule has 0 aliphatic carbocycles. The van der Waals surface area contributed by atoms with Crippen LogP contribution < -0.4 is 16.8 Å². The molecule has 0 bridgehead atoms. The number of pyridine rings is 1. The third-order valence-corrected chi connectivity index (χ3v) is 5.69. The lowest BCUT2D eigenvalue weighted by atomic mass is 10.1. The van der Waals surface area contributed by atoms with Gasteiger partial charge in [0.25, 0.3) is 5.91 Å². The summed E-state index contributed by atoms with van der Waals surface area (Å²) in [5.74, 6) is -1.88. The fourth-order valence-corrected chi connectivity index (χ4v) is 3.28. The number of amides is 4. The highest BCUT2D eigenvalue weighted by Gasteiger charge is 2.12. The number of piperidine rings is 1. The van der Waals surface area contributed by atoms with Gasteiger partial charge in [-0.15, -0.1) is 11.8 Å². The summed E-state index contributed by atoms with van der Waals surface area (Å²) in [6.45, 7) is 2.83. The normalized spacial score (nSPS) is 16.1. The minimum atomic E-state index is -1.06. The number of anilines is 1. The number of hydrogen-bond donors (Lipinski definition) is 3. The molecule has 0 spiro atoms. The molecule has 0 saturated carbocycles. The highest BCUT2D eigenvalue weighted by Crippen LogP contribution is 2.13. The molecule has 0 unspecified atom stereocenters. The first kappa shape index (κ1) is 30.1. The number of primary amides is 2. The van der Waals surface area contributed by atoms with Crippen LogP contribution in [0.2, 0.25) is 5.02 Å². The number of aliphatic imine (C=N–C) groups is 1. The largest absolute Gasteiger partial charge is 0.364 e. The Balaban J connectivity index is 0.000000272. The van der Waals surface area contributed by atoms with Gasteiger partial charge < -0.3 is 26.6 Å². The van der Waals surface area contributed by atoms with Crippen LogP contribution in [-0.2, 0) is 19.2 Å². The van der Waals surface area contributed by atoms with E-state index >= 15 is 0 Å². The van der Waals surface area contributed by atoms with Crippen molar-refractivity contribution in [2.45, 2.75) is 25.7 Å². The molecule has 35 heavy (non-hydrogen) atoms. The number of aromatic nitrogens is 1. The first-order chi connectivity index (χ1) is 16.5. The van der Waals surface area contributed by atoms with Crippen LogP contribution in [0.3, 0.4) is 0 Å². The Morgan fingerprint density at radius 1 is 1.11 bits per heavy atom. The van der Waals surface area contributed by atoms with Gasteiger partial charge in [0.1, 0.15) is 5.82 Å². The van der Waals surface area contributed by atoms with Crippen molar-refractivity contribution in [3.05, 3.63) is 35.1 Å². The van der Waals surface area contributed by atoms with Crippen LogP contribution in [0, 0.1) is 0 Å². The minimum Gasteiger partial charge on any atom is -0.364 e. The van der Waals surface area contributed by atoms with Gasteiger partial charge in [-0.3, -0.25) is 19.2 Å². The van der Waals surface area contributed by atoms with Crippen LogP contribution in [0.4, 0.5) is 5.82 Å². The molecule has 192 valence electrons. The number of carbonyl (C=O) groups excluding carboxylic acids is 4. The minimum absolute atomic E-state index is 0.230. The first-order valence-corrected chi connectivity index (χ1v) is 12.4. The van der Waals surface area contributed by atoms with Crippen molar-refractivity contribution >= 4 is 57.9 Å². The average Bonchev–Trinajstić information content (AvgIpc) is 2.82. The van der Waals surface area contributed by atoms with E-state index in [1.807, 2.05) is 13.1 Å². The van der Waals surface area contributed by atoms with Crippen LogP contribution in [0.5, 0.6) is 0 Å². The van der Waals surface area contributed by atoms with E-state index in [9.17, 15) is 19.2 Å². The van der Waals surface area contributed by atoms with Crippen LogP contribution >= 0.6 is 23.4 Å². The lowest BCUT2D eigenvalue weighted by Gasteiger charge is -2.21. The van der Waals surface area contributed by atoms with Crippen molar-refractivity contribution in [2.75, 3.05) is 45.3 Å². The average molecular weight is 526 g/mol. The number of hydrogen-bond acceptors (Lipinski definition) is 8. The molecule has 0 radical (unpaired) electrons. The number of carbonyl (C=O) groups is 4. The summed E-state index contributed by atoms with van der Waals surface area (Å²) in [6, 6.07) is 2.99. The predicted molar refractivity (Wildman–Crippen MR) is 139 cm³/mol. The standard InChI is InChI=1S/C9H15N3OS.C7H6ClN3O2.C6H11NO/c1-12-5-3-7(4-6-12)11-9(14-2)8(10)13;8-4-1-2-5(10-3-4)11-7(13)6(9)12;1-7-5-3-2-4-6(7)8/h3H,4-6H2,1-2H3,(H2,10,13);1-3H,(H2,9,12)(H,10,11,13);2-5H2,1H3. The van der Waals surface area contributed by atoms with Gasteiger partial charge in [0.2, 0.25) is 5.91 Å². The molecule has 11 nitrogen and oxygen atoms in total. The fraction of sp³-hybridized carbons (Fsp3) is 0.455. The topological polar surface area (TPSA) is 164 Å². The maximum absolute atomic E-state index is 10.9. The van der Waals surface area contributed by atoms with Crippen LogP contribution in [0.1, 0.15) is 25.7 Å². The Hall–Kier alpha value is -2.96. The third kappa shape index (κ3) is 12.3. The maximum Gasteiger partial charge on any atom is 0.314 e. The third-order valence-electron chi connectivity index (χ3n) is 4.79. The molecule has 2 aliphatic heterocycles. The number of nitrogens with one attached hydrogen (secondary N) is 1. The monoisotopic (exact) mass is 525 g/mol. The Kier molecular flexibility index (Phi) is 13.6. The summed E-state index contributed by atoms with van der Waals surface area (Å²) >= 11 is 6.84. The van der Waals surface area contributed by atoms with Crippen molar-refractivity contribution in [2.24, 2.45) is 16.5 Å². The number of nitrogens with two attached hydrogens (primary N) is 2. The van der Waals surface area contributed by atoms with E-state index in [4.69, 9.17) is 23.1 Å². The number of halogens is 1. The quantitative estimate of drug-likeness (QED) is 0.297. The molecule has 5 N–H and O–H groups in total. The Labute approximate surface area is 214 Å². The van der Waals surface area contributed by atoms with Gasteiger partial charge in [0.05, 0.1) is 5.02 Å². The molecule has 1 aromatic rings. The van der Waals surface area contributed by atoms with E-state index in [-0.39, 0.29) is 5.82 Å². The van der Waals surface area contributed by atoms with Crippen molar-refractivity contribution in [3.63, 3.8) is 0 Å². The van der Waals surface area contributed by atoms with Gasteiger partial charge in [-0.2, -0.15) is 0 Å². The van der Waals surface area contributed by atoms with E-state index in [0.717, 1.165) is 44.6 Å². The lowest BCUT2D eigenvalue weighted by molar-refractivity contribution is -0.134. The van der Waals surface area contributed by atoms with E-state index in [0.29, 0.717) is 16.0 Å². The predicted octanol–water partition coefficient (Wildman–Crippen LogP) is 1.24. The number of likely N-dealkylation sites (tertiary alicyclic amines) is 1. The highest BCUT2D eigenvalue weighted by atomic mass is 35.5. The van der Waals surface area contributed by atoms with Gasteiger partial charge in [0, 0.05) is 51.4 Å². The zero-order valence-corrected chi connectivity index (χ0v) is 21.7. The van der Waals surface area contributed by atoms with Crippen molar-refractivity contribution < 1.29 is 19.2 Å². The summed E-state index contributed by atoms with van der Waals surface area (Å²) in [6.07, 6.45) is 9.09. The lowest BCUT2D eigenvalue weighted by Crippen LogP contribution is -2.31. The summed E-state index contributed by atoms with van der Waals surface area (Å²) < 4.78 is 0. The second-order valence-corrected chi connectivity index (χ2v) is 8.88. The molecule has 1 fully saturated rings. The molecule has 0 aromatic carbocycles. The molecular formula is C22H32ClN7O4S. The summed E-state index contributed by atoms with van der Waals surface area (Å²) in [5.41, 5.74) is 10.8. The molecule has 13 heteroatoms. The van der Waals surface area contributed by atoms with E-state index in [2.05, 4.69) is 27.2 Å². The van der Waals surface area contributed by atoms with Crippen molar-refractivity contribution in [1.29, 1.82) is 0 Å². The molecule has 3 rings (SSSR count). The highest BCUT2D eigenvalue weighted by molar-refractivity contribution is 8.15. The molecule has 2 aliphatic rings. The van der Waals surface area contributed by atoms with Crippen LogP contribution in [0.15, 0.2) is 35.1 Å². The number of nitrogens with zero attached hydrogens (tertiary/aromatic N) is 4. The molecule has 3 heterocycles. The SMILES string of the molecule is CN1CCCCC1=O.CSC(=NC1=CCN(C)CC1)C(N)=O.NC(=O)C(=O)Nc1ccc(Cl)cn1. The zero-order valence-electron chi connectivity index (χ0n) is 20.1. The summed E-state index contributed by atoms with van der Waals surface area (Å²) in [7, 11) is 3.92.